The molecule has 1 amide bonds. The zero-order chi connectivity index (χ0) is 12.7. The molecule has 0 spiro atoms. The first-order valence-electron chi connectivity index (χ1n) is 5.21. The molecule has 0 saturated carbocycles. The fraction of sp³-hybridized carbons (Fsp3) is 0.364. The number of hydrogen-bond acceptors (Lipinski definition) is 4. The van der Waals surface area contributed by atoms with Crippen molar-refractivity contribution in [3.8, 4) is 0 Å². The maximum absolute atomic E-state index is 11.3. The van der Waals surface area contributed by atoms with Crippen molar-refractivity contribution in [1.82, 2.24) is 5.32 Å². The van der Waals surface area contributed by atoms with Gasteiger partial charge in [0.05, 0.1) is 12.3 Å². The Balaban J connectivity index is 2.22. The maximum Gasteiger partial charge on any atom is 0.239 e. The molecule has 0 aliphatic rings. The molecule has 1 rings (SSSR count). The molecular weight excluding hydrogens is 240 g/mol. The van der Waals surface area contributed by atoms with Crippen LogP contribution in [0.3, 0.4) is 0 Å². The van der Waals surface area contributed by atoms with Crippen LogP contribution < -0.4 is 10.6 Å². The van der Waals surface area contributed by atoms with E-state index in [0.717, 1.165) is 11.9 Å². The lowest BCUT2D eigenvalue weighted by molar-refractivity contribution is -0.119. The molecule has 1 aromatic rings. The van der Waals surface area contributed by atoms with Gasteiger partial charge in [0, 0.05) is 18.5 Å². The van der Waals surface area contributed by atoms with Gasteiger partial charge in [0.15, 0.2) is 0 Å². The fourth-order valence-electron chi connectivity index (χ4n) is 1.18. The van der Waals surface area contributed by atoms with E-state index in [-0.39, 0.29) is 24.7 Å². The number of benzene rings is 1. The second-order valence-electron chi connectivity index (χ2n) is 3.70. The first-order valence-corrected chi connectivity index (χ1v) is 7.27. The van der Waals surface area contributed by atoms with Crippen molar-refractivity contribution in [1.29, 1.82) is 0 Å². The predicted molar refractivity (Wildman–Crippen MR) is 67.7 cm³/mol. The largest absolute Gasteiger partial charge is 0.376 e. The molecule has 0 unspecified atom stereocenters. The molecule has 17 heavy (non-hydrogen) atoms. The minimum atomic E-state index is -3.02. The third-order valence-corrected chi connectivity index (χ3v) is 2.97. The van der Waals surface area contributed by atoms with E-state index >= 15 is 0 Å². The summed E-state index contributed by atoms with van der Waals surface area (Å²) in [5.41, 5.74) is 0.853. The van der Waals surface area contributed by atoms with Crippen molar-refractivity contribution < 1.29 is 13.2 Å². The third kappa shape index (κ3) is 6.57. The average Bonchev–Trinajstić information content (AvgIpc) is 2.26. The van der Waals surface area contributed by atoms with Crippen LogP contribution in [0.25, 0.3) is 0 Å². The molecule has 5 nitrogen and oxygen atoms in total. The first-order chi connectivity index (χ1) is 7.97. The quantitative estimate of drug-likeness (QED) is 0.765. The summed E-state index contributed by atoms with van der Waals surface area (Å²) >= 11 is 0. The van der Waals surface area contributed by atoms with Gasteiger partial charge in [-0.2, -0.15) is 0 Å². The molecule has 2 N–H and O–H groups in total. The van der Waals surface area contributed by atoms with Gasteiger partial charge in [-0.25, -0.2) is 8.42 Å². The summed E-state index contributed by atoms with van der Waals surface area (Å²) in [6.07, 6.45) is 1.14. The Morgan fingerprint density at radius 1 is 1.24 bits per heavy atom. The van der Waals surface area contributed by atoms with Gasteiger partial charge in [-0.15, -0.1) is 0 Å². The number of hydrogen-bond donors (Lipinski definition) is 2. The molecule has 0 atom stereocenters. The van der Waals surface area contributed by atoms with Gasteiger partial charge in [-0.3, -0.25) is 4.79 Å². The molecule has 0 aromatic heterocycles. The number of carbonyl (C=O) groups excluding carboxylic acids is 1. The summed E-state index contributed by atoms with van der Waals surface area (Å²) in [5, 5.41) is 5.46. The molecule has 0 fully saturated rings. The van der Waals surface area contributed by atoms with Gasteiger partial charge in [-0.05, 0) is 12.1 Å². The number of nitrogens with one attached hydrogen (secondary N) is 2. The smallest absolute Gasteiger partial charge is 0.239 e. The summed E-state index contributed by atoms with van der Waals surface area (Å²) in [7, 11) is -3.02. The fourth-order valence-corrected chi connectivity index (χ4v) is 1.65. The molecule has 0 aliphatic carbocycles. The number of amides is 1. The van der Waals surface area contributed by atoms with E-state index in [1.165, 1.54) is 0 Å². The number of rotatable bonds is 6. The lowest BCUT2D eigenvalue weighted by Gasteiger charge is -2.06. The summed E-state index contributed by atoms with van der Waals surface area (Å²) in [6.45, 7) is 0.280. The topological polar surface area (TPSA) is 75.3 Å². The molecule has 0 aliphatic heterocycles. The Kier molecular flexibility index (Phi) is 4.96. The van der Waals surface area contributed by atoms with Crippen LogP contribution in [0.4, 0.5) is 5.69 Å². The van der Waals surface area contributed by atoms with E-state index in [9.17, 15) is 13.2 Å². The molecule has 94 valence electrons. The minimum Gasteiger partial charge on any atom is -0.376 e. The lowest BCUT2D eigenvalue weighted by atomic mass is 10.3. The Morgan fingerprint density at radius 2 is 1.88 bits per heavy atom. The van der Waals surface area contributed by atoms with E-state index < -0.39 is 9.84 Å². The van der Waals surface area contributed by atoms with Crippen LogP contribution in [-0.2, 0) is 14.6 Å². The predicted octanol–water partition coefficient (Wildman–Crippen LogP) is 0.259. The van der Waals surface area contributed by atoms with Crippen molar-refractivity contribution in [2.75, 3.05) is 30.4 Å². The van der Waals surface area contributed by atoms with Gasteiger partial charge in [0.25, 0.3) is 0 Å². The highest BCUT2D eigenvalue weighted by atomic mass is 32.2. The van der Waals surface area contributed by atoms with E-state index in [1.807, 2.05) is 30.3 Å². The number of para-hydroxylation sites is 1. The van der Waals surface area contributed by atoms with Crippen LogP contribution in [0.2, 0.25) is 0 Å². The highest BCUT2D eigenvalue weighted by molar-refractivity contribution is 7.90. The zero-order valence-corrected chi connectivity index (χ0v) is 10.5. The van der Waals surface area contributed by atoms with E-state index in [4.69, 9.17) is 0 Å². The second kappa shape index (κ2) is 6.24. The third-order valence-electron chi connectivity index (χ3n) is 2.02. The van der Waals surface area contributed by atoms with Crippen LogP contribution in [0.1, 0.15) is 0 Å². The highest BCUT2D eigenvalue weighted by Gasteiger charge is 2.04. The molecule has 0 radical (unpaired) electrons. The van der Waals surface area contributed by atoms with Crippen molar-refractivity contribution in [2.45, 2.75) is 0 Å². The summed E-state index contributed by atoms with van der Waals surface area (Å²) in [6, 6.07) is 9.32. The Morgan fingerprint density at radius 3 is 2.47 bits per heavy atom. The Bertz CT molecular complexity index is 457. The molecule has 1 aromatic carbocycles. The van der Waals surface area contributed by atoms with Crippen molar-refractivity contribution >= 4 is 21.4 Å². The SMILES string of the molecule is CS(=O)(=O)CCNC(=O)CNc1ccccc1. The number of sulfone groups is 1. The normalized spacial score (nSPS) is 10.9. The lowest BCUT2D eigenvalue weighted by Crippen LogP contribution is -2.33. The van der Waals surface area contributed by atoms with Gasteiger partial charge < -0.3 is 10.6 Å². The van der Waals surface area contributed by atoms with Gasteiger partial charge >= 0.3 is 0 Å². The monoisotopic (exact) mass is 256 g/mol. The molecule has 6 heteroatoms. The van der Waals surface area contributed by atoms with Crippen LogP contribution in [-0.4, -0.2) is 39.4 Å². The van der Waals surface area contributed by atoms with Crippen molar-refractivity contribution in [3.63, 3.8) is 0 Å². The van der Waals surface area contributed by atoms with Crippen molar-refractivity contribution in [2.24, 2.45) is 0 Å². The first kappa shape index (κ1) is 13.5. The van der Waals surface area contributed by atoms with E-state index in [0.29, 0.717) is 0 Å². The Labute approximate surface area is 101 Å². The van der Waals surface area contributed by atoms with Gasteiger partial charge in [0.1, 0.15) is 9.84 Å². The Hall–Kier alpha value is -1.56. The summed E-state index contributed by atoms with van der Waals surface area (Å²) in [5.74, 6) is -0.262. The molecular formula is C11H16N2O3S. The van der Waals surface area contributed by atoms with Gasteiger partial charge in [0.2, 0.25) is 5.91 Å². The van der Waals surface area contributed by atoms with Crippen molar-refractivity contribution in [3.05, 3.63) is 30.3 Å². The molecule has 0 heterocycles. The maximum atomic E-state index is 11.3. The highest BCUT2D eigenvalue weighted by Crippen LogP contribution is 2.03. The van der Waals surface area contributed by atoms with Crippen LogP contribution in [0, 0.1) is 0 Å². The number of carbonyl (C=O) groups is 1. The molecule has 0 saturated heterocycles. The minimum absolute atomic E-state index is 0.0376. The standard InChI is InChI=1S/C11H16N2O3S/c1-17(15,16)8-7-12-11(14)9-13-10-5-3-2-4-6-10/h2-6,13H,7-9H2,1H3,(H,12,14). The van der Waals surface area contributed by atoms with Crippen LogP contribution in [0.5, 0.6) is 0 Å². The van der Waals surface area contributed by atoms with E-state index in [2.05, 4.69) is 10.6 Å². The average molecular weight is 256 g/mol. The molecule has 0 bridgehead atoms. The second-order valence-corrected chi connectivity index (χ2v) is 5.96. The zero-order valence-electron chi connectivity index (χ0n) is 9.64. The van der Waals surface area contributed by atoms with Crippen LogP contribution in [0.15, 0.2) is 30.3 Å². The van der Waals surface area contributed by atoms with Crippen LogP contribution >= 0.6 is 0 Å². The van der Waals surface area contributed by atoms with Gasteiger partial charge in [-0.1, -0.05) is 18.2 Å². The summed E-state index contributed by atoms with van der Waals surface area (Å²) < 4.78 is 21.7. The summed E-state index contributed by atoms with van der Waals surface area (Å²) in [4.78, 5) is 11.3. The number of anilines is 1. The van der Waals surface area contributed by atoms with E-state index in [1.54, 1.807) is 0 Å².